The third-order valence-electron chi connectivity index (χ3n) is 7.01. The van der Waals surface area contributed by atoms with Crippen LogP contribution in [0.4, 0.5) is 5.69 Å². The van der Waals surface area contributed by atoms with Crippen LogP contribution in [0.1, 0.15) is 44.2 Å². The van der Waals surface area contributed by atoms with E-state index < -0.39 is 28.5 Å². The highest BCUT2D eigenvalue weighted by atomic mass is 35.5. The minimum Gasteiger partial charge on any atom is -0.495 e. The number of hydrogen-bond acceptors (Lipinski definition) is 5. The maximum absolute atomic E-state index is 14.1. The normalized spacial score (nSPS) is 11.9. The molecule has 0 saturated carbocycles. The summed E-state index contributed by atoms with van der Waals surface area (Å²) >= 11 is 6.39. The number of methoxy groups -OCH3 is 1. The highest BCUT2D eigenvalue weighted by Gasteiger charge is 2.33. The predicted octanol–water partition coefficient (Wildman–Crippen LogP) is 5.62. The number of anilines is 1. The second-order valence-electron chi connectivity index (χ2n) is 10.0. The molecule has 3 aromatic carbocycles. The Hall–Kier alpha value is -3.56. The van der Waals surface area contributed by atoms with Crippen LogP contribution in [0, 0.1) is 6.92 Å². The number of aryl methyl sites for hydroxylation is 1. The highest BCUT2D eigenvalue weighted by molar-refractivity contribution is 7.92. The molecule has 0 spiro atoms. The molecule has 226 valence electrons. The Bertz CT molecular complexity index is 1430. The summed E-state index contributed by atoms with van der Waals surface area (Å²) in [5, 5.41) is 3.14. The fourth-order valence-electron chi connectivity index (χ4n) is 4.58. The highest BCUT2D eigenvalue weighted by Crippen LogP contribution is 2.32. The molecule has 10 heteroatoms. The van der Waals surface area contributed by atoms with Crippen LogP contribution in [0.2, 0.25) is 5.02 Å². The van der Waals surface area contributed by atoms with Crippen molar-refractivity contribution in [1.82, 2.24) is 10.2 Å². The molecule has 0 heterocycles. The number of amides is 2. The van der Waals surface area contributed by atoms with Gasteiger partial charge in [-0.15, -0.1) is 0 Å². The van der Waals surface area contributed by atoms with Crippen molar-refractivity contribution in [3.8, 4) is 5.75 Å². The second-order valence-corrected chi connectivity index (χ2v) is 12.3. The number of unbranched alkanes of at least 4 members (excludes halogenated alkanes) is 1. The van der Waals surface area contributed by atoms with Crippen LogP contribution >= 0.6 is 11.6 Å². The van der Waals surface area contributed by atoms with Gasteiger partial charge >= 0.3 is 0 Å². The molecular weight excluding hydrogens is 574 g/mol. The van der Waals surface area contributed by atoms with Crippen molar-refractivity contribution < 1.29 is 22.7 Å². The molecule has 0 bridgehead atoms. The zero-order chi connectivity index (χ0) is 30.7. The molecule has 42 heavy (non-hydrogen) atoms. The minimum absolute atomic E-state index is 0.0352. The fraction of sp³-hybridized carbons (Fsp3) is 0.375. The monoisotopic (exact) mass is 613 g/mol. The Morgan fingerprint density at radius 3 is 2.29 bits per heavy atom. The zero-order valence-electron chi connectivity index (χ0n) is 24.7. The molecule has 0 unspecified atom stereocenters. The lowest BCUT2D eigenvalue weighted by atomic mass is 10.1. The predicted molar refractivity (Wildman–Crippen MR) is 168 cm³/mol. The molecule has 3 rings (SSSR count). The number of halogens is 1. The SMILES string of the molecule is CCCCNC(=O)[C@@H](CC)N(CCc1ccccc1)C(=O)CN(c1ccc(OC)c(Cl)c1)S(=O)(=O)c1ccc(C)cc1. The van der Waals surface area contributed by atoms with Gasteiger partial charge in [0.2, 0.25) is 11.8 Å². The summed E-state index contributed by atoms with van der Waals surface area (Å²) in [6.07, 6.45) is 2.62. The number of rotatable bonds is 15. The third-order valence-corrected chi connectivity index (χ3v) is 9.09. The largest absolute Gasteiger partial charge is 0.495 e. The number of sulfonamides is 1. The lowest BCUT2D eigenvalue weighted by Gasteiger charge is -2.33. The second kappa shape index (κ2) is 15.6. The summed E-state index contributed by atoms with van der Waals surface area (Å²) in [6, 6.07) is 19.9. The van der Waals surface area contributed by atoms with Gasteiger partial charge in [0.05, 0.1) is 22.7 Å². The average Bonchev–Trinajstić information content (AvgIpc) is 2.98. The molecule has 0 fully saturated rings. The van der Waals surface area contributed by atoms with Gasteiger partial charge in [0, 0.05) is 13.1 Å². The van der Waals surface area contributed by atoms with Crippen LogP contribution in [0.3, 0.4) is 0 Å². The topological polar surface area (TPSA) is 96.0 Å². The molecule has 0 aromatic heterocycles. The number of carbonyl (C=O) groups excluding carboxylic acids is 2. The molecule has 8 nitrogen and oxygen atoms in total. The minimum atomic E-state index is -4.19. The van der Waals surface area contributed by atoms with Gasteiger partial charge in [0.1, 0.15) is 18.3 Å². The van der Waals surface area contributed by atoms with Crippen molar-refractivity contribution in [2.45, 2.75) is 57.4 Å². The van der Waals surface area contributed by atoms with Gasteiger partial charge in [-0.25, -0.2) is 8.42 Å². The average molecular weight is 614 g/mol. The van der Waals surface area contributed by atoms with E-state index in [2.05, 4.69) is 5.32 Å². The first-order chi connectivity index (χ1) is 20.1. The van der Waals surface area contributed by atoms with E-state index >= 15 is 0 Å². The lowest BCUT2D eigenvalue weighted by molar-refractivity contribution is -0.139. The van der Waals surface area contributed by atoms with Crippen LogP contribution in [0.15, 0.2) is 77.7 Å². The molecule has 0 aliphatic heterocycles. The van der Waals surface area contributed by atoms with E-state index in [4.69, 9.17) is 16.3 Å². The van der Waals surface area contributed by atoms with Crippen molar-refractivity contribution in [1.29, 1.82) is 0 Å². The van der Waals surface area contributed by atoms with E-state index in [0.717, 1.165) is 28.3 Å². The molecule has 1 N–H and O–H groups in total. The molecule has 0 saturated heterocycles. The Kier molecular flexibility index (Phi) is 12.2. The number of hydrogen-bond donors (Lipinski definition) is 1. The van der Waals surface area contributed by atoms with Crippen LogP contribution in [0.5, 0.6) is 5.75 Å². The number of benzene rings is 3. The summed E-state index contributed by atoms with van der Waals surface area (Å²) in [5.74, 6) is -0.377. The summed E-state index contributed by atoms with van der Waals surface area (Å²) in [4.78, 5) is 28.9. The van der Waals surface area contributed by atoms with Crippen molar-refractivity contribution in [3.63, 3.8) is 0 Å². The Morgan fingerprint density at radius 1 is 1.00 bits per heavy atom. The quantitative estimate of drug-likeness (QED) is 0.225. The molecule has 0 aliphatic carbocycles. The molecule has 3 aromatic rings. The van der Waals surface area contributed by atoms with Crippen molar-refractivity contribution in [2.75, 3.05) is 31.0 Å². The van der Waals surface area contributed by atoms with E-state index in [1.54, 1.807) is 24.3 Å². The Labute approximate surface area is 254 Å². The number of nitrogens with one attached hydrogen (secondary N) is 1. The first kappa shape index (κ1) is 32.9. The van der Waals surface area contributed by atoms with Gasteiger partial charge < -0.3 is 15.0 Å². The summed E-state index contributed by atoms with van der Waals surface area (Å²) < 4.78 is 34.3. The molecule has 0 radical (unpaired) electrons. The standard InChI is InChI=1S/C32H40ClN3O5S/c1-5-7-20-34-32(38)29(6-2)35(21-19-25-11-9-8-10-12-25)31(37)23-36(26-15-18-30(41-4)28(33)22-26)42(39,40)27-16-13-24(3)14-17-27/h8-18,22,29H,5-7,19-21,23H2,1-4H3,(H,34,38)/t29-/m1/s1. The van der Waals surface area contributed by atoms with E-state index in [9.17, 15) is 18.0 Å². The maximum atomic E-state index is 14.1. The van der Waals surface area contributed by atoms with Crippen molar-refractivity contribution in [3.05, 3.63) is 88.9 Å². The molecule has 0 aliphatic rings. The van der Waals surface area contributed by atoms with Crippen LogP contribution < -0.4 is 14.4 Å². The van der Waals surface area contributed by atoms with Gasteiger partial charge in [0.15, 0.2) is 0 Å². The van der Waals surface area contributed by atoms with Gasteiger partial charge in [-0.2, -0.15) is 0 Å². The van der Waals surface area contributed by atoms with Crippen molar-refractivity contribution in [2.24, 2.45) is 0 Å². The van der Waals surface area contributed by atoms with Gasteiger partial charge in [-0.1, -0.05) is 79.9 Å². The van der Waals surface area contributed by atoms with E-state index in [-0.39, 0.29) is 28.1 Å². The molecule has 2 amide bonds. The van der Waals surface area contributed by atoms with Gasteiger partial charge in [0.25, 0.3) is 10.0 Å². The summed E-state index contributed by atoms with van der Waals surface area (Å²) in [5.41, 5.74) is 2.11. The van der Waals surface area contributed by atoms with E-state index in [1.807, 2.05) is 51.1 Å². The van der Waals surface area contributed by atoms with E-state index in [1.165, 1.54) is 30.2 Å². The first-order valence-corrected chi connectivity index (χ1v) is 16.0. The van der Waals surface area contributed by atoms with Gasteiger partial charge in [-0.05, 0) is 62.1 Å². The summed E-state index contributed by atoms with van der Waals surface area (Å²) in [6.45, 7) is 5.97. The van der Waals surface area contributed by atoms with Crippen LogP contribution in [-0.4, -0.2) is 57.9 Å². The zero-order valence-corrected chi connectivity index (χ0v) is 26.2. The summed E-state index contributed by atoms with van der Waals surface area (Å²) in [7, 11) is -2.72. The Balaban J connectivity index is 2.02. The van der Waals surface area contributed by atoms with Crippen LogP contribution in [0.25, 0.3) is 0 Å². The molecular formula is C32H40ClN3O5S. The van der Waals surface area contributed by atoms with Crippen LogP contribution in [-0.2, 0) is 26.0 Å². The number of nitrogens with zero attached hydrogens (tertiary/aromatic N) is 2. The van der Waals surface area contributed by atoms with Gasteiger partial charge in [-0.3, -0.25) is 13.9 Å². The lowest BCUT2D eigenvalue weighted by Crippen LogP contribution is -2.53. The fourth-order valence-corrected chi connectivity index (χ4v) is 6.24. The van der Waals surface area contributed by atoms with Crippen molar-refractivity contribution >= 4 is 39.1 Å². The maximum Gasteiger partial charge on any atom is 0.264 e. The van der Waals surface area contributed by atoms with E-state index in [0.29, 0.717) is 25.1 Å². The number of ether oxygens (including phenoxy) is 1. The molecule has 1 atom stereocenters. The third kappa shape index (κ3) is 8.49. The Morgan fingerprint density at radius 2 is 1.69 bits per heavy atom. The first-order valence-electron chi connectivity index (χ1n) is 14.2. The number of carbonyl (C=O) groups is 2. The smallest absolute Gasteiger partial charge is 0.264 e.